The minimum absolute atomic E-state index is 0.0582. The van der Waals surface area contributed by atoms with Crippen LogP contribution in [-0.4, -0.2) is 46.9 Å². The summed E-state index contributed by atoms with van der Waals surface area (Å²) in [6, 6.07) is 11.0. The lowest BCUT2D eigenvalue weighted by atomic mass is 10.0. The molecule has 2 N–H and O–H groups in total. The molecule has 0 aliphatic carbocycles. The van der Waals surface area contributed by atoms with Gasteiger partial charge in [-0.1, -0.05) is 17.7 Å². The van der Waals surface area contributed by atoms with Crippen molar-refractivity contribution in [3.05, 3.63) is 51.9 Å². The van der Waals surface area contributed by atoms with E-state index in [4.69, 9.17) is 16.3 Å². The highest BCUT2D eigenvalue weighted by molar-refractivity contribution is 7.98. The molecule has 158 valence electrons. The first-order valence-electron chi connectivity index (χ1n) is 9.68. The Labute approximate surface area is 183 Å². The number of hydrogen-bond donors (Lipinski definition) is 2. The molecule has 2 aromatic carbocycles. The number of anilines is 1. The van der Waals surface area contributed by atoms with Crippen LogP contribution in [0.15, 0.2) is 46.1 Å². The van der Waals surface area contributed by atoms with Gasteiger partial charge >= 0.3 is 11.7 Å². The number of aromatic nitrogens is 2. The minimum Gasteiger partial charge on any atom is -0.495 e. The van der Waals surface area contributed by atoms with Crippen molar-refractivity contribution in [2.45, 2.75) is 23.8 Å². The highest BCUT2D eigenvalue weighted by Gasteiger charge is 2.26. The molecule has 1 aliphatic heterocycles. The number of nitrogens with one attached hydrogen (secondary N) is 2. The molecule has 1 aromatic heterocycles. The topological polar surface area (TPSA) is 79.4 Å². The number of rotatable bonds is 4. The van der Waals surface area contributed by atoms with Gasteiger partial charge in [0.1, 0.15) is 5.75 Å². The van der Waals surface area contributed by atoms with E-state index >= 15 is 0 Å². The molecule has 0 unspecified atom stereocenters. The number of likely N-dealkylation sites (tertiary alicyclic amines) is 1. The van der Waals surface area contributed by atoms with Gasteiger partial charge in [0, 0.05) is 29.7 Å². The van der Waals surface area contributed by atoms with Gasteiger partial charge < -0.3 is 19.9 Å². The van der Waals surface area contributed by atoms with E-state index in [9.17, 15) is 9.59 Å². The summed E-state index contributed by atoms with van der Waals surface area (Å²) in [6.07, 6.45) is 3.43. The lowest BCUT2D eigenvalue weighted by Crippen LogP contribution is -2.42. The highest BCUT2D eigenvalue weighted by Crippen LogP contribution is 2.30. The monoisotopic (exact) mass is 446 g/mol. The van der Waals surface area contributed by atoms with E-state index in [0.717, 1.165) is 15.9 Å². The number of benzene rings is 2. The summed E-state index contributed by atoms with van der Waals surface area (Å²) in [5.41, 5.74) is 2.32. The fraction of sp³-hybridized carbons (Fsp3) is 0.333. The van der Waals surface area contributed by atoms with E-state index in [1.807, 2.05) is 29.0 Å². The highest BCUT2D eigenvalue weighted by atomic mass is 35.5. The van der Waals surface area contributed by atoms with Gasteiger partial charge in [-0.25, -0.2) is 9.59 Å². The zero-order chi connectivity index (χ0) is 21.3. The predicted molar refractivity (Wildman–Crippen MR) is 121 cm³/mol. The number of H-pyrrole nitrogens is 1. The van der Waals surface area contributed by atoms with Crippen LogP contribution in [-0.2, 0) is 0 Å². The number of imidazole rings is 1. The Morgan fingerprint density at radius 1 is 1.27 bits per heavy atom. The van der Waals surface area contributed by atoms with Crippen LogP contribution in [0, 0.1) is 0 Å². The van der Waals surface area contributed by atoms with E-state index in [1.54, 1.807) is 42.0 Å². The Balaban J connectivity index is 1.45. The predicted octanol–water partition coefficient (Wildman–Crippen LogP) is 4.58. The average Bonchev–Trinajstić information content (AvgIpc) is 3.09. The summed E-state index contributed by atoms with van der Waals surface area (Å²) >= 11 is 7.75. The first-order chi connectivity index (χ1) is 14.5. The molecule has 9 heteroatoms. The number of nitrogens with zero attached hydrogens (tertiary/aromatic N) is 2. The molecule has 0 saturated carbocycles. The van der Waals surface area contributed by atoms with Crippen molar-refractivity contribution >= 4 is 46.1 Å². The number of fused-ring (bicyclic) bond motifs is 1. The third kappa shape index (κ3) is 3.89. The van der Waals surface area contributed by atoms with Gasteiger partial charge in [0.2, 0.25) is 0 Å². The number of carbonyl (C=O) groups excluding carboxylic acids is 1. The number of amides is 2. The lowest BCUT2D eigenvalue weighted by Gasteiger charge is -2.32. The van der Waals surface area contributed by atoms with Crippen LogP contribution in [0.3, 0.4) is 0 Å². The van der Waals surface area contributed by atoms with Gasteiger partial charge in [0.05, 0.1) is 23.2 Å². The number of aromatic amines is 1. The standard InChI is InChI=1S/C21H23ClN4O3S/c1-29-17-7-6-13(12-15(17)22)23-20(27)25-10-8-14(9-11-25)26-16-4-3-5-18(30-2)19(16)24-21(26)28/h3-7,12,14H,8-11H2,1-2H3,(H,23,27)(H,24,28). The first-order valence-corrected chi connectivity index (χ1v) is 11.3. The number of piperidine rings is 1. The Morgan fingerprint density at radius 3 is 2.70 bits per heavy atom. The quantitative estimate of drug-likeness (QED) is 0.575. The van der Waals surface area contributed by atoms with Crippen LogP contribution in [0.4, 0.5) is 10.5 Å². The summed E-state index contributed by atoms with van der Waals surface area (Å²) in [5, 5.41) is 3.32. The van der Waals surface area contributed by atoms with Crippen LogP contribution < -0.4 is 15.7 Å². The summed E-state index contributed by atoms with van der Waals surface area (Å²) in [4.78, 5) is 31.1. The number of thioether (sulfide) groups is 1. The number of para-hydroxylation sites is 1. The molecule has 2 heterocycles. The van der Waals surface area contributed by atoms with E-state index in [0.29, 0.717) is 42.4 Å². The summed E-state index contributed by atoms with van der Waals surface area (Å²) < 4.78 is 6.98. The molecule has 3 aromatic rings. The van der Waals surface area contributed by atoms with E-state index in [2.05, 4.69) is 10.3 Å². The van der Waals surface area contributed by atoms with E-state index < -0.39 is 0 Å². The molecule has 0 bridgehead atoms. The summed E-state index contributed by atoms with van der Waals surface area (Å²) in [7, 11) is 1.55. The smallest absolute Gasteiger partial charge is 0.326 e. The Morgan fingerprint density at radius 2 is 2.03 bits per heavy atom. The lowest BCUT2D eigenvalue weighted by molar-refractivity contribution is 0.184. The number of halogens is 1. The molecule has 1 saturated heterocycles. The number of carbonyl (C=O) groups is 1. The molecule has 7 nitrogen and oxygen atoms in total. The molecule has 30 heavy (non-hydrogen) atoms. The van der Waals surface area contributed by atoms with Crippen molar-refractivity contribution in [3.8, 4) is 5.75 Å². The minimum atomic E-state index is -0.175. The second-order valence-electron chi connectivity index (χ2n) is 7.15. The van der Waals surface area contributed by atoms with Crippen molar-refractivity contribution in [1.29, 1.82) is 0 Å². The number of urea groups is 1. The molecule has 1 fully saturated rings. The number of ether oxygens (including phenoxy) is 1. The molecule has 4 rings (SSSR count). The largest absolute Gasteiger partial charge is 0.495 e. The fourth-order valence-corrected chi connectivity index (χ4v) is 4.76. The van der Waals surface area contributed by atoms with Crippen molar-refractivity contribution in [2.24, 2.45) is 0 Å². The molecule has 0 atom stereocenters. The zero-order valence-corrected chi connectivity index (χ0v) is 18.3. The van der Waals surface area contributed by atoms with Crippen LogP contribution in [0.5, 0.6) is 5.75 Å². The maximum Gasteiger partial charge on any atom is 0.326 e. The fourth-order valence-electron chi connectivity index (χ4n) is 3.93. The van der Waals surface area contributed by atoms with Crippen molar-refractivity contribution < 1.29 is 9.53 Å². The van der Waals surface area contributed by atoms with E-state index in [-0.39, 0.29) is 17.8 Å². The van der Waals surface area contributed by atoms with Gasteiger partial charge in [0.15, 0.2) is 0 Å². The third-order valence-electron chi connectivity index (χ3n) is 5.45. The Hall–Kier alpha value is -2.58. The average molecular weight is 447 g/mol. The first kappa shape index (κ1) is 20.7. The Bertz CT molecular complexity index is 1130. The second-order valence-corrected chi connectivity index (χ2v) is 8.41. The van der Waals surface area contributed by atoms with Crippen molar-refractivity contribution in [2.75, 3.05) is 31.8 Å². The zero-order valence-electron chi connectivity index (χ0n) is 16.8. The second kappa shape index (κ2) is 8.65. The van der Waals surface area contributed by atoms with Gasteiger partial charge in [-0.3, -0.25) is 4.57 Å². The molecule has 0 spiro atoms. The van der Waals surface area contributed by atoms with Crippen LogP contribution in [0.1, 0.15) is 18.9 Å². The molecule has 1 aliphatic rings. The van der Waals surface area contributed by atoms with Gasteiger partial charge in [-0.15, -0.1) is 11.8 Å². The summed E-state index contributed by atoms with van der Waals surface area (Å²) in [6.45, 7) is 1.14. The van der Waals surface area contributed by atoms with Crippen LogP contribution in [0.2, 0.25) is 5.02 Å². The SMILES string of the molecule is COc1ccc(NC(=O)N2CCC(n3c(=O)[nH]c4c(SC)cccc43)CC2)cc1Cl. The van der Waals surface area contributed by atoms with E-state index in [1.165, 1.54) is 0 Å². The van der Waals surface area contributed by atoms with Crippen molar-refractivity contribution in [1.82, 2.24) is 14.5 Å². The normalized spacial score (nSPS) is 14.8. The number of methoxy groups -OCH3 is 1. The summed E-state index contributed by atoms with van der Waals surface area (Å²) in [5.74, 6) is 0.560. The van der Waals surface area contributed by atoms with Crippen molar-refractivity contribution in [3.63, 3.8) is 0 Å². The molecule has 2 amide bonds. The molecular weight excluding hydrogens is 424 g/mol. The van der Waals surface area contributed by atoms with Gasteiger partial charge in [-0.05, 0) is 49.4 Å². The van der Waals surface area contributed by atoms with Gasteiger partial charge in [0.25, 0.3) is 0 Å². The van der Waals surface area contributed by atoms with Crippen LogP contribution in [0.25, 0.3) is 11.0 Å². The maximum absolute atomic E-state index is 12.7. The molecule has 0 radical (unpaired) electrons. The van der Waals surface area contributed by atoms with Crippen LogP contribution >= 0.6 is 23.4 Å². The maximum atomic E-state index is 12.7. The third-order valence-corrected chi connectivity index (χ3v) is 6.53. The number of hydrogen-bond acceptors (Lipinski definition) is 4. The Kier molecular flexibility index (Phi) is 5.97. The molecular formula is C21H23ClN4O3S. The van der Waals surface area contributed by atoms with Gasteiger partial charge in [-0.2, -0.15) is 0 Å².